The van der Waals surface area contributed by atoms with Crippen LogP contribution in [0.15, 0.2) is 0 Å². The van der Waals surface area contributed by atoms with E-state index in [4.69, 9.17) is 5.11 Å². The van der Waals surface area contributed by atoms with Crippen LogP contribution < -0.4 is 0 Å². The highest BCUT2D eigenvalue weighted by Gasteiger charge is 1.80. The first-order chi connectivity index (χ1) is 2.27. The van der Waals surface area contributed by atoms with Gasteiger partial charge < -0.3 is 32.5 Å². The molecule has 0 radical (unpaired) electrons. The summed E-state index contributed by atoms with van der Waals surface area (Å²) in [6.45, 7) is 1.60. The molecule has 0 fully saturated rings. The van der Waals surface area contributed by atoms with Crippen molar-refractivity contribution in [3.8, 4) is 0 Å². The maximum atomic E-state index is 9.37. The van der Waals surface area contributed by atoms with Crippen molar-refractivity contribution in [2.24, 2.45) is 0 Å². The van der Waals surface area contributed by atoms with Crippen LogP contribution in [0.5, 0.6) is 0 Å². The highest BCUT2D eigenvalue weighted by Crippen LogP contribution is 1.67. The molecule has 0 aromatic rings. The van der Waals surface area contributed by atoms with Crippen molar-refractivity contribution in [1.29, 1.82) is 0 Å². The summed E-state index contributed by atoms with van der Waals surface area (Å²) in [6, 6.07) is 0. The van der Waals surface area contributed by atoms with Gasteiger partial charge in [0.1, 0.15) is 0 Å². The summed E-state index contributed by atoms with van der Waals surface area (Å²) in [5.74, 6) is -0.745. The Morgan fingerprint density at radius 1 is 1.09 bits per heavy atom. The molecule has 0 aliphatic heterocycles. The molecule has 0 aromatic carbocycles. The summed E-state index contributed by atoms with van der Waals surface area (Å²) in [4.78, 5) is 9.37. The van der Waals surface area contributed by atoms with Crippen molar-refractivity contribution in [3.05, 3.63) is 0 Å². The molecule has 0 bridgehead atoms. The number of rotatable bonds is 1. The average molecular weight is 201 g/mol. The molecule has 7 nitrogen and oxygen atoms in total. The van der Waals surface area contributed by atoms with Crippen molar-refractivity contribution < 1.29 is 37.3 Å². The van der Waals surface area contributed by atoms with Gasteiger partial charge in [0.2, 0.25) is 0 Å². The van der Waals surface area contributed by atoms with Gasteiger partial charge >= 0.3 is 5.97 Å². The monoisotopic (exact) mass is 200 g/mol. The maximum Gasteiger partial charge on any atom is 0.303 e. The summed E-state index contributed by atoms with van der Waals surface area (Å²) in [5.41, 5.74) is 0. The largest absolute Gasteiger partial charge is 0.481 e. The molecule has 0 aromatic heterocycles. The van der Waals surface area contributed by atoms with Crippen LogP contribution in [0, 0.1) is 0 Å². The summed E-state index contributed by atoms with van der Waals surface area (Å²) in [7, 11) is 0. The average Bonchev–Trinajstić information content (AvgIpc) is 1.38. The second kappa shape index (κ2) is 55.3. The molecule has 0 rings (SSSR count). The lowest BCUT2D eigenvalue weighted by Gasteiger charge is -1.71. The van der Waals surface area contributed by atoms with E-state index in [0.29, 0.717) is 0 Å². The van der Waals surface area contributed by atoms with Crippen LogP contribution in [0.25, 0.3) is 0 Å². The highest BCUT2D eigenvalue weighted by molar-refractivity contribution is 5.85. The second-order valence-electron chi connectivity index (χ2n) is 0.747. The SMILES string of the molecule is CCC(=O)O.Cl.O.O.O.O.O. The molecule has 0 amide bonds. The van der Waals surface area contributed by atoms with Crippen molar-refractivity contribution in [2.75, 3.05) is 0 Å². The number of carbonyl (C=O) groups is 1. The molecular formula is C3H17ClO7. The van der Waals surface area contributed by atoms with Crippen molar-refractivity contribution in [3.63, 3.8) is 0 Å². The van der Waals surface area contributed by atoms with Crippen molar-refractivity contribution in [2.45, 2.75) is 13.3 Å². The summed E-state index contributed by atoms with van der Waals surface area (Å²) >= 11 is 0. The normalized spacial score (nSPS) is 3.36. The molecule has 0 saturated carbocycles. The van der Waals surface area contributed by atoms with Gasteiger partial charge in [-0.25, -0.2) is 0 Å². The van der Waals surface area contributed by atoms with Gasteiger partial charge in [-0.1, -0.05) is 6.92 Å². The molecule has 11 heavy (non-hydrogen) atoms. The lowest BCUT2D eigenvalue weighted by molar-refractivity contribution is -0.136. The van der Waals surface area contributed by atoms with E-state index >= 15 is 0 Å². The van der Waals surface area contributed by atoms with Crippen LogP contribution >= 0.6 is 12.4 Å². The summed E-state index contributed by atoms with van der Waals surface area (Å²) in [6.07, 6.45) is 0.222. The van der Waals surface area contributed by atoms with Gasteiger partial charge in [-0.2, -0.15) is 0 Å². The molecule has 8 heteroatoms. The van der Waals surface area contributed by atoms with Crippen LogP contribution in [0.2, 0.25) is 0 Å². The first-order valence-corrected chi connectivity index (χ1v) is 1.49. The Kier molecular flexibility index (Phi) is 383. The number of aliphatic carboxylic acids is 1. The zero-order valence-corrected chi connectivity index (χ0v) is 6.79. The minimum absolute atomic E-state index is 0. The molecule has 0 saturated heterocycles. The number of hydrogen-bond donors (Lipinski definition) is 1. The van der Waals surface area contributed by atoms with Crippen LogP contribution in [-0.4, -0.2) is 38.5 Å². The van der Waals surface area contributed by atoms with Crippen molar-refractivity contribution >= 4 is 18.4 Å². The first kappa shape index (κ1) is 76.2. The predicted molar refractivity (Wildman–Crippen MR) is 43.2 cm³/mol. The molecule has 0 spiro atoms. The quantitative estimate of drug-likeness (QED) is 0.465. The number of hydrogen-bond acceptors (Lipinski definition) is 1. The van der Waals surface area contributed by atoms with E-state index in [1.807, 2.05) is 0 Å². The van der Waals surface area contributed by atoms with Gasteiger partial charge in [0.25, 0.3) is 0 Å². The van der Waals surface area contributed by atoms with Gasteiger partial charge in [-0.05, 0) is 0 Å². The van der Waals surface area contributed by atoms with Crippen LogP contribution in [0.3, 0.4) is 0 Å². The van der Waals surface area contributed by atoms with Crippen LogP contribution in [-0.2, 0) is 4.79 Å². The fourth-order valence-corrected chi connectivity index (χ4v) is 0. The Morgan fingerprint density at radius 2 is 1.18 bits per heavy atom. The highest BCUT2D eigenvalue weighted by atomic mass is 35.5. The van der Waals surface area contributed by atoms with E-state index < -0.39 is 5.97 Å². The molecule has 0 atom stereocenters. The van der Waals surface area contributed by atoms with E-state index in [0.717, 1.165) is 0 Å². The molecule has 78 valence electrons. The second-order valence-corrected chi connectivity index (χ2v) is 0.747. The van der Waals surface area contributed by atoms with Gasteiger partial charge in [0, 0.05) is 6.42 Å². The lowest BCUT2D eigenvalue weighted by atomic mass is 10.5. The Morgan fingerprint density at radius 3 is 1.18 bits per heavy atom. The number of carboxylic acids is 1. The molecule has 0 unspecified atom stereocenters. The topological polar surface area (TPSA) is 195 Å². The van der Waals surface area contributed by atoms with E-state index in [-0.39, 0.29) is 46.2 Å². The third kappa shape index (κ3) is 225. The number of halogens is 1. The van der Waals surface area contributed by atoms with E-state index in [9.17, 15) is 4.79 Å². The van der Waals surface area contributed by atoms with Gasteiger partial charge in [0.05, 0.1) is 0 Å². The smallest absolute Gasteiger partial charge is 0.303 e. The summed E-state index contributed by atoms with van der Waals surface area (Å²) < 4.78 is 0. The van der Waals surface area contributed by atoms with E-state index in [1.54, 1.807) is 6.92 Å². The minimum Gasteiger partial charge on any atom is -0.481 e. The maximum absolute atomic E-state index is 9.37. The van der Waals surface area contributed by atoms with Crippen molar-refractivity contribution in [1.82, 2.24) is 0 Å². The lowest BCUT2D eigenvalue weighted by Crippen LogP contribution is -1.86. The van der Waals surface area contributed by atoms with E-state index in [1.165, 1.54) is 0 Å². The van der Waals surface area contributed by atoms with E-state index in [2.05, 4.69) is 0 Å². The standard InChI is InChI=1S/C3H6O2.ClH.5H2O/c1-2-3(4)5;;;;;;/h2H2,1H3,(H,4,5);1H;5*1H2. The van der Waals surface area contributed by atoms with Crippen LogP contribution in [0.1, 0.15) is 13.3 Å². The number of carboxylic acid groups (broad SMARTS) is 1. The molecular weight excluding hydrogens is 183 g/mol. The Labute approximate surface area is 70.0 Å². The zero-order valence-electron chi connectivity index (χ0n) is 5.97. The Bertz CT molecular complexity index is 49.0. The molecule has 11 N–H and O–H groups in total. The first-order valence-electron chi connectivity index (χ1n) is 1.49. The minimum atomic E-state index is -0.745. The predicted octanol–water partition coefficient (Wildman–Crippen LogP) is -3.22. The molecule has 0 aliphatic carbocycles. The third-order valence-corrected chi connectivity index (χ3v) is 0.302. The fourth-order valence-electron chi connectivity index (χ4n) is 0. The third-order valence-electron chi connectivity index (χ3n) is 0.302. The van der Waals surface area contributed by atoms with Crippen LogP contribution in [0.4, 0.5) is 0 Å². The molecule has 0 heterocycles. The fraction of sp³-hybridized carbons (Fsp3) is 0.667. The Hall–Kier alpha value is -0.440. The zero-order chi connectivity index (χ0) is 4.28. The summed E-state index contributed by atoms with van der Waals surface area (Å²) in [5, 5.41) is 7.72. The molecule has 0 aliphatic rings. The van der Waals surface area contributed by atoms with Gasteiger partial charge in [-0.15, -0.1) is 12.4 Å². The van der Waals surface area contributed by atoms with Gasteiger partial charge in [-0.3, -0.25) is 4.79 Å². The Balaban J connectivity index is -0.00000000533. The van der Waals surface area contributed by atoms with Gasteiger partial charge in [0.15, 0.2) is 0 Å².